The largest absolute Gasteiger partial charge is 0.397 e. The van der Waals surface area contributed by atoms with Crippen LogP contribution in [0, 0.1) is 0 Å². The number of hydrogen-bond donors (Lipinski definition) is 3. The zero-order valence-corrected chi connectivity index (χ0v) is 10.8. The molecule has 1 heterocycles. The molecule has 0 aromatic heterocycles. The molecule has 1 aromatic carbocycles. The van der Waals surface area contributed by atoms with Crippen molar-refractivity contribution in [3.8, 4) is 0 Å². The number of hydrogen-bond acceptors (Lipinski definition) is 4. The maximum absolute atomic E-state index is 6.00. The molecule has 1 saturated heterocycles. The SMILES string of the molecule is CNc1c(N)cccc1N1CC(C)NC(C)C1. The minimum absolute atomic E-state index is 0.505. The Morgan fingerprint density at radius 1 is 1.29 bits per heavy atom. The van der Waals surface area contributed by atoms with Crippen molar-refractivity contribution in [3.63, 3.8) is 0 Å². The van der Waals surface area contributed by atoms with Crippen LogP contribution < -0.4 is 21.3 Å². The van der Waals surface area contributed by atoms with E-state index in [9.17, 15) is 0 Å². The number of benzene rings is 1. The molecule has 94 valence electrons. The summed E-state index contributed by atoms with van der Waals surface area (Å²) < 4.78 is 0. The number of rotatable bonds is 2. The summed E-state index contributed by atoms with van der Waals surface area (Å²) in [7, 11) is 1.92. The lowest BCUT2D eigenvalue weighted by Gasteiger charge is -2.38. The van der Waals surface area contributed by atoms with Crippen LogP contribution in [0.3, 0.4) is 0 Å². The summed E-state index contributed by atoms with van der Waals surface area (Å²) in [5.74, 6) is 0. The van der Waals surface area contributed by atoms with Gasteiger partial charge in [0.1, 0.15) is 0 Å². The first-order valence-electron chi connectivity index (χ1n) is 6.19. The first kappa shape index (κ1) is 12.0. The molecule has 1 aliphatic rings. The lowest BCUT2D eigenvalue weighted by atomic mass is 10.1. The Bertz CT molecular complexity index is 381. The third kappa shape index (κ3) is 2.47. The Balaban J connectivity index is 2.30. The fourth-order valence-corrected chi connectivity index (χ4v) is 2.62. The molecule has 2 unspecified atom stereocenters. The second-order valence-corrected chi connectivity index (χ2v) is 4.87. The van der Waals surface area contributed by atoms with E-state index in [2.05, 4.69) is 35.4 Å². The highest BCUT2D eigenvalue weighted by atomic mass is 15.2. The second-order valence-electron chi connectivity index (χ2n) is 4.87. The number of piperazine rings is 1. The Kier molecular flexibility index (Phi) is 3.43. The van der Waals surface area contributed by atoms with Crippen LogP contribution in [0.15, 0.2) is 18.2 Å². The molecule has 0 amide bonds. The first-order valence-corrected chi connectivity index (χ1v) is 6.19. The van der Waals surface area contributed by atoms with Crippen molar-refractivity contribution in [3.05, 3.63) is 18.2 Å². The number of para-hydroxylation sites is 1. The summed E-state index contributed by atoms with van der Waals surface area (Å²) in [6.45, 7) is 6.47. The van der Waals surface area contributed by atoms with Gasteiger partial charge >= 0.3 is 0 Å². The van der Waals surface area contributed by atoms with Crippen LogP contribution >= 0.6 is 0 Å². The van der Waals surface area contributed by atoms with Crippen LogP contribution in [0.25, 0.3) is 0 Å². The molecule has 0 spiro atoms. The van der Waals surface area contributed by atoms with E-state index < -0.39 is 0 Å². The Labute approximate surface area is 103 Å². The van der Waals surface area contributed by atoms with E-state index in [1.54, 1.807) is 0 Å². The molecule has 4 heteroatoms. The van der Waals surface area contributed by atoms with Gasteiger partial charge in [-0.3, -0.25) is 0 Å². The zero-order valence-electron chi connectivity index (χ0n) is 10.8. The van der Waals surface area contributed by atoms with Crippen LogP contribution in [0.2, 0.25) is 0 Å². The van der Waals surface area contributed by atoms with Gasteiger partial charge < -0.3 is 21.3 Å². The third-order valence-corrected chi connectivity index (χ3v) is 3.22. The standard InChI is InChI=1S/C13H22N4/c1-9-7-17(8-10(2)16-9)12-6-4-5-11(14)13(12)15-3/h4-6,9-10,15-16H,7-8,14H2,1-3H3. The summed E-state index contributed by atoms with van der Waals surface area (Å²) in [6.07, 6.45) is 0. The molecule has 0 aliphatic carbocycles. The lowest BCUT2D eigenvalue weighted by molar-refractivity contribution is 0.407. The van der Waals surface area contributed by atoms with Gasteiger partial charge in [-0.05, 0) is 26.0 Å². The summed E-state index contributed by atoms with van der Waals surface area (Å²) in [4.78, 5) is 2.40. The molecule has 2 rings (SSSR count). The Hall–Kier alpha value is -1.42. The smallest absolute Gasteiger partial charge is 0.0808 e. The van der Waals surface area contributed by atoms with E-state index in [1.165, 1.54) is 5.69 Å². The van der Waals surface area contributed by atoms with Gasteiger partial charge in [0, 0.05) is 32.2 Å². The number of nitrogen functional groups attached to an aromatic ring is 1. The van der Waals surface area contributed by atoms with E-state index in [1.807, 2.05) is 19.2 Å². The molecule has 4 N–H and O–H groups in total. The van der Waals surface area contributed by atoms with Gasteiger partial charge in [-0.2, -0.15) is 0 Å². The Morgan fingerprint density at radius 3 is 2.53 bits per heavy atom. The molecule has 0 saturated carbocycles. The molecule has 4 nitrogen and oxygen atoms in total. The highest BCUT2D eigenvalue weighted by Gasteiger charge is 2.23. The van der Waals surface area contributed by atoms with Crippen molar-refractivity contribution < 1.29 is 0 Å². The van der Waals surface area contributed by atoms with E-state index in [0.29, 0.717) is 12.1 Å². The lowest BCUT2D eigenvalue weighted by Crippen LogP contribution is -2.54. The maximum Gasteiger partial charge on any atom is 0.0808 e. The molecular formula is C13H22N4. The van der Waals surface area contributed by atoms with Crippen LogP contribution in [0.1, 0.15) is 13.8 Å². The van der Waals surface area contributed by atoms with Gasteiger partial charge in [0.15, 0.2) is 0 Å². The molecule has 2 atom stereocenters. The predicted octanol–water partition coefficient (Wildman–Crippen LogP) is 1.50. The number of nitrogens with one attached hydrogen (secondary N) is 2. The normalized spacial score (nSPS) is 24.8. The molecule has 1 aliphatic heterocycles. The fraction of sp³-hybridized carbons (Fsp3) is 0.538. The van der Waals surface area contributed by atoms with Gasteiger partial charge in [-0.25, -0.2) is 0 Å². The van der Waals surface area contributed by atoms with Gasteiger partial charge in [0.25, 0.3) is 0 Å². The topological polar surface area (TPSA) is 53.3 Å². The van der Waals surface area contributed by atoms with Gasteiger partial charge in [0.2, 0.25) is 0 Å². The average molecular weight is 234 g/mol. The van der Waals surface area contributed by atoms with E-state index in [4.69, 9.17) is 5.73 Å². The van der Waals surface area contributed by atoms with Crippen molar-refractivity contribution in [2.75, 3.05) is 36.1 Å². The van der Waals surface area contributed by atoms with Gasteiger partial charge in [-0.1, -0.05) is 6.07 Å². The molecule has 0 radical (unpaired) electrons. The molecular weight excluding hydrogens is 212 g/mol. The number of anilines is 3. The summed E-state index contributed by atoms with van der Waals surface area (Å²) >= 11 is 0. The van der Waals surface area contributed by atoms with E-state index >= 15 is 0 Å². The molecule has 17 heavy (non-hydrogen) atoms. The highest BCUT2D eigenvalue weighted by molar-refractivity contribution is 5.81. The van der Waals surface area contributed by atoms with Crippen LogP contribution in [-0.4, -0.2) is 32.2 Å². The van der Waals surface area contributed by atoms with E-state index in [0.717, 1.165) is 24.5 Å². The highest BCUT2D eigenvalue weighted by Crippen LogP contribution is 2.32. The van der Waals surface area contributed by atoms with E-state index in [-0.39, 0.29) is 0 Å². The van der Waals surface area contributed by atoms with Crippen molar-refractivity contribution in [2.45, 2.75) is 25.9 Å². The van der Waals surface area contributed by atoms with Gasteiger partial charge in [-0.15, -0.1) is 0 Å². The fourth-order valence-electron chi connectivity index (χ4n) is 2.62. The maximum atomic E-state index is 6.00. The molecule has 1 fully saturated rings. The molecule has 0 bridgehead atoms. The number of nitrogens with two attached hydrogens (primary N) is 1. The summed E-state index contributed by atoms with van der Waals surface area (Å²) in [5, 5.41) is 6.74. The monoisotopic (exact) mass is 234 g/mol. The van der Waals surface area contributed by atoms with Crippen molar-refractivity contribution in [2.24, 2.45) is 0 Å². The first-order chi connectivity index (χ1) is 8.11. The third-order valence-electron chi connectivity index (χ3n) is 3.22. The minimum Gasteiger partial charge on any atom is -0.397 e. The minimum atomic E-state index is 0.505. The van der Waals surface area contributed by atoms with Crippen LogP contribution in [-0.2, 0) is 0 Å². The van der Waals surface area contributed by atoms with Gasteiger partial charge in [0.05, 0.1) is 17.1 Å². The average Bonchev–Trinajstić information content (AvgIpc) is 2.27. The zero-order chi connectivity index (χ0) is 12.4. The van der Waals surface area contributed by atoms with Crippen molar-refractivity contribution in [1.29, 1.82) is 0 Å². The van der Waals surface area contributed by atoms with Crippen LogP contribution in [0.4, 0.5) is 17.1 Å². The summed E-state index contributed by atoms with van der Waals surface area (Å²) in [6, 6.07) is 7.09. The second kappa shape index (κ2) is 4.84. The quantitative estimate of drug-likeness (QED) is 0.679. The summed E-state index contributed by atoms with van der Waals surface area (Å²) in [5.41, 5.74) is 9.05. The van der Waals surface area contributed by atoms with Crippen molar-refractivity contribution in [1.82, 2.24) is 5.32 Å². The van der Waals surface area contributed by atoms with Crippen molar-refractivity contribution >= 4 is 17.1 Å². The molecule has 1 aromatic rings. The predicted molar refractivity (Wildman–Crippen MR) is 74.7 cm³/mol. The van der Waals surface area contributed by atoms with Crippen LogP contribution in [0.5, 0.6) is 0 Å². The number of nitrogens with zero attached hydrogens (tertiary/aromatic N) is 1. The Morgan fingerprint density at radius 2 is 1.94 bits per heavy atom.